The van der Waals surface area contributed by atoms with Gasteiger partial charge in [0.2, 0.25) is 5.88 Å². The van der Waals surface area contributed by atoms with Gasteiger partial charge in [0.05, 0.1) is 5.56 Å². The lowest BCUT2D eigenvalue weighted by atomic mass is 9.98. The lowest BCUT2D eigenvalue weighted by Gasteiger charge is -2.41. The second-order valence-corrected chi connectivity index (χ2v) is 6.83. The summed E-state index contributed by atoms with van der Waals surface area (Å²) in [5.41, 5.74) is 0.132. The summed E-state index contributed by atoms with van der Waals surface area (Å²) in [6.45, 7) is 5.30. The number of carbonyl (C=O) groups is 1. The third-order valence-electron chi connectivity index (χ3n) is 4.28. The van der Waals surface area contributed by atoms with Crippen LogP contribution in [-0.2, 0) is 0 Å². The van der Waals surface area contributed by atoms with Gasteiger partial charge in [-0.1, -0.05) is 6.42 Å². The fourth-order valence-corrected chi connectivity index (χ4v) is 2.77. The molecule has 1 saturated heterocycles. The zero-order chi connectivity index (χ0) is 18.5. The van der Waals surface area contributed by atoms with E-state index in [4.69, 9.17) is 0 Å². The van der Waals surface area contributed by atoms with Crippen LogP contribution in [0.3, 0.4) is 0 Å². The van der Waals surface area contributed by atoms with Crippen molar-refractivity contribution in [1.29, 1.82) is 0 Å². The van der Waals surface area contributed by atoms with Crippen molar-refractivity contribution in [2.45, 2.75) is 44.8 Å². The van der Waals surface area contributed by atoms with Crippen molar-refractivity contribution in [1.82, 2.24) is 15.2 Å². The summed E-state index contributed by atoms with van der Waals surface area (Å²) >= 11 is 0. The van der Waals surface area contributed by atoms with Crippen LogP contribution < -0.4 is 10.1 Å². The third kappa shape index (κ3) is 6.19. The van der Waals surface area contributed by atoms with Crippen LogP contribution in [0.1, 0.15) is 43.5 Å². The molecule has 2 heterocycles. The van der Waals surface area contributed by atoms with Gasteiger partial charge in [-0.3, -0.25) is 9.69 Å². The molecule has 0 aromatic carbocycles. The topological polar surface area (TPSA) is 54.5 Å². The number of rotatable bonds is 6. The Morgan fingerprint density at radius 1 is 1.24 bits per heavy atom. The lowest BCUT2D eigenvalue weighted by molar-refractivity contribution is -0.154. The number of halogens is 3. The van der Waals surface area contributed by atoms with Gasteiger partial charge in [0, 0.05) is 24.3 Å². The summed E-state index contributed by atoms with van der Waals surface area (Å²) < 4.78 is 40.8. The molecule has 0 saturated carbocycles. The number of ether oxygens (including phenoxy) is 1. The highest BCUT2D eigenvalue weighted by molar-refractivity contribution is 5.93. The molecule has 1 aromatic rings. The Labute approximate surface area is 145 Å². The highest BCUT2D eigenvalue weighted by atomic mass is 19.4. The van der Waals surface area contributed by atoms with E-state index >= 15 is 0 Å². The molecule has 0 bridgehead atoms. The number of nitrogens with one attached hydrogen (secondary N) is 1. The van der Waals surface area contributed by atoms with E-state index in [1.165, 1.54) is 37.6 Å². The molecule has 0 spiro atoms. The van der Waals surface area contributed by atoms with Crippen molar-refractivity contribution in [3.05, 3.63) is 23.9 Å². The Hall–Kier alpha value is -1.83. The van der Waals surface area contributed by atoms with Gasteiger partial charge in [-0.2, -0.15) is 13.2 Å². The Balaban J connectivity index is 1.85. The Bertz CT molecular complexity index is 567. The SMILES string of the molecule is CC(C)(CNC(=O)c1ccc(OCC(F)(F)F)nc1)N1CCCCC1. The first-order valence-corrected chi connectivity index (χ1v) is 8.36. The van der Waals surface area contributed by atoms with Crippen LogP contribution in [0.25, 0.3) is 0 Å². The van der Waals surface area contributed by atoms with Crippen LogP contribution >= 0.6 is 0 Å². The van der Waals surface area contributed by atoms with Gasteiger partial charge in [0.25, 0.3) is 5.91 Å². The molecule has 0 unspecified atom stereocenters. The Morgan fingerprint density at radius 2 is 1.92 bits per heavy atom. The summed E-state index contributed by atoms with van der Waals surface area (Å²) in [6, 6.07) is 2.67. The van der Waals surface area contributed by atoms with Crippen LogP contribution in [0.5, 0.6) is 5.88 Å². The second-order valence-electron chi connectivity index (χ2n) is 6.83. The average Bonchev–Trinajstić information content (AvgIpc) is 2.58. The van der Waals surface area contributed by atoms with Crippen LogP contribution in [0.4, 0.5) is 13.2 Å². The van der Waals surface area contributed by atoms with Gasteiger partial charge >= 0.3 is 6.18 Å². The van der Waals surface area contributed by atoms with Gasteiger partial charge in [0.1, 0.15) is 0 Å². The summed E-state index contributed by atoms with van der Waals surface area (Å²) in [7, 11) is 0. The molecule has 1 aliphatic rings. The summed E-state index contributed by atoms with van der Waals surface area (Å²) in [6.07, 6.45) is 0.376. The normalized spacial score (nSPS) is 16.5. The van der Waals surface area contributed by atoms with Crippen LogP contribution in [0.15, 0.2) is 18.3 Å². The smallest absolute Gasteiger partial charge is 0.422 e. The Morgan fingerprint density at radius 3 is 2.48 bits per heavy atom. The zero-order valence-corrected chi connectivity index (χ0v) is 14.5. The minimum Gasteiger partial charge on any atom is -0.468 e. The second kappa shape index (κ2) is 8.03. The number of amides is 1. The number of hydrogen-bond donors (Lipinski definition) is 1. The van der Waals surface area contributed by atoms with Crippen molar-refractivity contribution >= 4 is 5.91 Å². The molecule has 0 aliphatic carbocycles. The van der Waals surface area contributed by atoms with Gasteiger partial charge in [-0.15, -0.1) is 0 Å². The number of aromatic nitrogens is 1. The molecule has 2 rings (SSSR count). The highest BCUT2D eigenvalue weighted by Crippen LogP contribution is 2.20. The van der Waals surface area contributed by atoms with Crippen molar-refractivity contribution in [3.8, 4) is 5.88 Å². The first kappa shape index (κ1) is 19.5. The number of hydrogen-bond acceptors (Lipinski definition) is 4. The lowest BCUT2D eigenvalue weighted by Crippen LogP contribution is -2.53. The standard InChI is InChI=1S/C17H24F3N3O2/c1-16(2,23-8-4-3-5-9-23)11-22-15(24)13-6-7-14(21-10-13)25-12-17(18,19)20/h6-7,10H,3-5,8-9,11-12H2,1-2H3,(H,22,24). The minimum absolute atomic E-state index is 0.154. The van der Waals surface area contributed by atoms with E-state index < -0.39 is 12.8 Å². The molecule has 0 radical (unpaired) electrons. The number of alkyl halides is 3. The number of likely N-dealkylation sites (tertiary alicyclic amines) is 1. The van der Waals surface area contributed by atoms with Crippen LogP contribution in [0.2, 0.25) is 0 Å². The molecule has 25 heavy (non-hydrogen) atoms. The molecule has 5 nitrogen and oxygen atoms in total. The molecule has 140 valence electrons. The highest BCUT2D eigenvalue weighted by Gasteiger charge is 2.29. The first-order chi connectivity index (χ1) is 11.7. The van der Waals surface area contributed by atoms with Crippen LogP contribution in [0, 0.1) is 0 Å². The van der Waals surface area contributed by atoms with Crippen LogP contribution in [-0.4, -0.2) is 53.7 Å². The van der Waals surface area contributed by atoms with Gasteiger partial charge in [-0.05, 0) is 45.8 Å². The van der Waals surface area contributed by atoms with Crippen molar-refractivity contribution in [2.75, 3.05) is 26.2 Å². The Kier molecular flexibility index (Phi) is 6.26. The fourth-order valence-electron chi connectivity index (χ4n) is 2.77. The van der Waals surface area contributed by atoms with Gasteiger partial charge in [0.15, 0.2) is 6.61 Å². The summed E-state index contributed by atoms with van der Waals surface area (Å²) in [5.74, 6) is -0.470. The van der Waals surface area contributed by atoms with E-state index in [0.29, 0.717) is 6.54 Å². The first-order valence-electron chi connectivity index (χ1n) is 8.36. The number of piperidine rings is 1. The average molecular weight is 359 g/mol. The molecule has 8 heteroatoms. The monoisotopic (exact) mass is 359 g/mol. The van der Waals surface area contributed by atoms with E-state index in [9.17, 15) is 18.0 Å². The molecule has 1 amide bonds. The molecular formula is C17H24F3N3O2. The molecule has 1 aromatic heterocycles. The van der Waals surface area contributed by atoms with Crippen molar-refractivity contribution < 1.29 is 22.7 Å². The molecule has 0 atom stereocenters. The largest absolute Gasteiger partial charge is 0.468 e. The van der Waals surface area contributed by atoms with Gasteiger partial charge < -0.3 is 10.1 Å². The van der Waals surface area contributed by atoms with Crippen molar-refractivity contribution in [3.63, 3.8) is 0 Å². The number of carbonyl (C=O) groups excluding carboxylic acids is 1. The summed E-state index contributed by atoms with van der Waals surface area (Å²) in [5, 5.41) is 2.87. The van der Waals surface area contributed by atoms with Gasteiger partial charge in [-0.25, -0.2) is 4.98 Å². The number of nitrogens with zero attached hydrogens (tertiary/aromatic N) is 2. The molecule has 1 fully saturated rings. The summed E-state index contributed by atoms with van der Waals surface area (Å²) in [4.78, 5) is 18.3. The van der Waals surface area contributed by atoms with E-state index in [1.807, 2.05) is 0 Å². The minimum atomic E-state index is -4.42. The maximum atomic E-state index is 12.2. The maximum Gasteiger partial charge on any atom is 0.422 e. The predicted molar refractivity (Wildman–Crippen MR) is 87.6 cm³/mol. The quantitative estimate of drug-likeness (QED) is 0.848. The van der Waals surface area contributed by atoms with E-state index in [1.54, 1.807) is 0 Å². The molecule has 1 aliphatic heterocycles. The van der Waals surface area contributed by atoms with Crippen molar-refractivity contribution in [2.24, 2.45) is 0 Å². The maximum absolute atomic E-state index is 12.2. The zero-order valence-electron chi connectivity index (χ0n) is 14.5. The number of pyridine rings is 1. The fraction of sp³-hybridized carbons (Fsp3) is 0.647. The van der Waals surface area contributed by atoms with E-state index in [0.717, 1.165) is 13.1 Å². The van der Waals surface area contributed by atoms with E-state index in [-0.39, 0.29) is 22.9 Å². The van der Waals surface area contributed by atoms with E-state index in [2.05, 4.69) is 33.8 Å². The molecular weight excluding hydrogens is 335 g/mol. The predicted octanol–water partition coefficient (Wildman–Crippen LogP) is 3.02. The molecule has 1 N–H and O–H groups in total. The third-order valence-corrected chi connectivity index (χ3v) is 4.28.